The van der Waals surface area contributed by atoms with Crippen LogP contribution >= 0.6 is 0 Å². The lowest BCUT2D eigenvalue weighted by Crippen LogP contribution is -2.35. The van der Waals surface area contributed by atoms with E-state index < -0.39 is 4.92 Å². The minimum Gasteiger partial charge on any atom is -0.383 e. The molecule has 0 bridgehead atoms. The van der Waals surface area contributed by atoms with Crippen LogP contribution in [0.1, 0.15) is 27.9 Å². The highest BCUT2D eigenvalue weighted by Gasteiger charge is 2.23. The number of aryl methyl sites for hydroxylation is 1. The lowest BCUT2D eigenvalue weighted by Gasteiger charge is -2.22. The number of nitro benzene ring substituents is 1. The first kappa shape index (κ1) is 19.8. The van der Waals surface area contributed by atoms with Crippen molar-refractivity contribution >= 4 is 17.3 Å². The molecule has 2 aromatic carbocycles. The van der Waals surface area contributed by atoms with Crippen molar-refractivity contribution in [3.8, 4) is 0 Å². The Bertz CT molecular complexity index is 851. The van der Waals surface area contributed by atoms with Crippen molar-refractivity contribution in [1.82, 2.24) is 9.80 Å². The number of nitrogens with zero attached hydrogens (tertiary/aromatic N) is 3. The Labute approximate surface area is 165 Å². The topological polar surface area (TPSA) is 78.7 Å². The lowest BCUT2D eigenvalue weighted by atomic mass is 10.1. The van der Waals surface area contributed by atoms with E-state index in [0.717, 1.165) is 26.1 Å². The number of carbonyl (C=O) groups is 1. The SMILES string of the molecule is CNc1ccc(C(=O)N2CCCN(Cc3ccc(C)cc3)CC2)cc1[N+](=O)[O-]. The predicted molar refractivity (Wildman–Crippen MR) is 110 cm³/mol. The summed E-state index contributed by atoms with van der Waals surface area (Å²) in [5.41, 5.74) is 3.20. The quantitative estimate of drug-likeness (QED) is 0.634. The Hall–Kier alpha value is -2.93. The van der Waals surface area contributed by atoms with Gasteiger partial charge < -0.3 is 10.2 Å². The zero-order valence-electron chi connectivity index (χ0n) is 16.4. The summed E-state index contributed by atoms with van der Waals surface area (Å²) in [6, 6.07) is 13.1. The van der Waals surface area contributed by atoms with Crippen LogP contribution in [-0.2, 0) is 6.54 Å². The fourth-order valence-corrected chi connectivity index (χ4v) is 3.49. The lowest BCUT2D eigenvalue weighted by molar-refractivity contribution is -0.384. The highest BCUT2D eigenvalue weighted by molar-refractivity contribution is 5.95. The van der Waals surface area contributed by atoms with E-state index in [1.807, 2.05) is 0 Å². The first-order valence-corrected chi connectivity index (χ1v) is 9.51. The number of nitrogens with one attached hydrogen (secondary N) is 1. The summed E-state index contributed by atoms with van der Waals surface area (Å²) < 4.78 is 0. The van der Waals surface area contributed by atoms with Crippen LogP contribution in [0, 0.1) is 17.0 Å². The fraction of sp³-hybridized carbons (Fsp3) is 0.381. The molecule has 0 spiro atoms. The summed E-state index contributed by atoms with van der Waals surface area (Å²) >= 11 is 0. The van der Waals surface area contributed by atoms with Gasteiger partial charge in [-0.15, -0.1) is 0 Å². The molecule has 2 aromatic rings. The molecule has 1 N–H and O–H groups in total. The van der Waals surface area contributed by atoms with Crippen LogP contribution < -0.4 is 5.32 Å². The molecule has 0 saturated carbocycles. The third-order valence-corrected chi connectivity index (χ3v) is 5.11. The molecule has 1 fully saturated rings. The van der Waals surface area contributed by atoms with Crippen LogP contribution in [0.15, 0.2) is 42.5 Å². The average Bonchev–Trinajstić information content (AvgIpc) is 2.94. The van der Waals surface area contributed by atoms with Gasteiger partial charge in [-0.2, -0.15) is 0 Å². The number of amides is 1. The monoisotopic (exact) mass is 382 g/mol. The van der Waals surface area contributed by atoms with Crippen molar-refractivity contribution in [2.75, 3.05) is 38.5 Å². The summed E-state index contributed by atoms with van der Waals surface area (Å²) in [4.78, 5) is 27.8. The molecule has 1 saturated heterocycles. The molecule has 0 unspecified atom stereocenters. The van der Waals surface area contributed by atoms with Gasteiger partial charge in [0, 0.05) is 51.4 Å². The van der Waals surface area contributed by atoms with Gasteiger partial charge in [-0.1, -0.05) is 29.8 Å². The van der Waals surface area contributed by atoms with Gasteiger partial charge in [0.1, 0.15) is 5.69 Å². The van der Waals surface area contributed by atoms with Crippen molar-refractivity contribution in [3.05, 3.63) is 69.3 Å². The maximum Gasteiger partial charge on any atom is 0.293 e. The number of nitro groups is 1. The molecule has 28 heavy (non-hydrogen) atoms. The molecule has 0 atom stereocenters. The van der Waals surface area contributed by atoms with E-state index in [1.165, 1.54) is 17.2 Å². The molecule has 3 rings (SSSR count). The first-order chi connectivity index (χ1) is 13.5. The summed E-state index contributed by atoms with van der Waals surface area (Å²) in [6.45, 7) is 5.93. The van der Waals surface area contributed by atoms with Crippen molar-refractivity contribution in [2.24, 2.45) is 0 Å². The largest absolute Gasteiger partial charge is 0.383 e. The molecule has 0 aliphatic carbocycles. The summed E-state index contributed by atoms with van der Waals surface area (Å²) in [5.74, 6) is -0.150. The first-order valence-electron chi connectivity index (χ1n) is 9.51. The highest BCUT2D eigenvalue weighted by atomic mass is 16.6. The van der Waals surface area contributed by atoms with Crippen LogP contribution in [0.5, 0.6) is 0 Å². The second kappa shape index (κ2) is 8.84. The van der Waals surface area contributed by atoms with Crippen LogP contribution in [0.3, 0.4) is 0 Å². The number of hydrogen-bond acceptors (Lipinski definition) is 5. The third kappa shape index (κ3) is 4.67. The Kier molecular flexibility index (Phi) is 6.26. The van der Waals surface area contributed by atoms with Crippen molar-refractivity contribution in [3.63, 3.8) is 0 Å². The highest BCUT2D eigenvalue weighted by Crippen LogP contribution is 2.26. The molecule has 0 aromatic heterocycles. The van der Waals surface area contributed by atoms with Crippen molar-refractivity contribution in [1.29, 1.82) is 0 Å². The van der Waals surface area contributed by atoms with E-state index in [0.29, 0.717) is 24.3 Å². The molecule has 148 valence electrons. The van der Waals surface area contributed by atoms with Gasteiger partial charge in [0.25, 0.3) is 11.6 Å². The second-order valence-corrected chi connectivity index (χ2v) is 7.15. The van der Waals surface area contributed by atoms with Gasteiger partial charge in [-0.25, -0.2) is 0 Å². The Balaban J connectivity index is 1.66. The second-order valence-electron chi connectivity index (χ2n) is 7.15. The molecule has 1 heterocycles. The van der Waals surface area contributed by atoms with Crippen molar-refractivity contribution < 1.29 is 9.72 Å². The fourth-order valence-electron chi connectivity index (χ4n) is 3.49. The number of anilines is 1. The van der Waals surface area contributed by atoms with Crippen LogP contribution in [-0.4, -0.2) is 53.9 Å². The van der Waals surface area contributed by atoms with Gasteiger partial charge in [0.15, 0.2) is 0 Å². The molecule has 7 heteroatoms. The van der Waals surface area contributed by atoms with Gasteiger partial charge >= 0.3 is 0 Å². The minimum absolute atomic E-state index is 0.0795. The standard InChI is InChI=1S/C21H26N4O3/c1-16-4-6-17(7-5-16)15-23-10-3-11-24(13-12-23)21(26)18-8-9-19(22-2)20(14-18)25(27)28/h4-9,14,22H,3,10-13,15H2,1-2H3. The zero-order valence-corrected chi connectivity index (χ0v) is 16.4. The summed E-state index contributed by atoms with van der Waals surface area (Å²) in [5, 5.41) is 14.1. The number of rotatable bonds is 5. The average molecular weight is 382 g/mol. The van der Waals surface area contributed by atoms with Gasteiger partial charge in [0.05, 0.1) is 4.92 Å². The molecule has 1 amide bonds. The van der Waals surface area contributed by atoms with E-state index in [9.17, 15) is 14.9 Å². The Morgan fingerprint density at radius 2 is 1.86 bits per heavy atom. The zero-order chi connectivity index (χ0) is 20.1. The van der Waals surface area contributed by atoms with Crippen molar-refractivity contribution in [2.45, 2.75) is 19.9 Å². The maximum atomic E-state index is 12.9. The number of benzene rings is 2. The minimum atomic E-state index is -0.464. The normalized spacial score (nSPS) is 15.1. The van der Waals surface area contributed by atoms with E-state index in [-0.39, 0.29) is 11.6 Å². The van der Waals surface area contributed by atoms with E-state index in [1.54, 1.807) is 24.1 Å². The summed E-state index contributed by atoms with van der Waals surface area (Å²) in [6.07, 6.45) is 0.883. The molecule has 1 aliphatic heterocycles. The molecule has 7 nitrogen and oxygen atoms in total. The Morgan fingerprint density at radius 3 is 2.54 bits per heavy atom. The third-order valence-electron chi connectivity index (χ3n) is 5.11. The molecule has 1 aliphatic rings. The van der Waals surface area contributed by atoms with Gasteiger partial charge in [0.2, 0.25) is 0 Å². The number of carbonyl (C=O) groups excluding carboxylic acids is 1. The maximum absolute atomic E-state index is 12.9. The Morgan fingerprint density at radius 1 is 1.11 bits per heavy atom. The number of hydrogen-bond donors (Lipinski definition) is 1. The van der Waals surface area contributed by atoms with Gasteiger partial charge in [-0.05, 0) is 31.0 Å². The predicted octanol–water partition coefficient (Wildman–Crippen LogP) is 3.29. The van der Waals surface area contributed by atoms with Crippen LogP contribution in [0.25, 0.3) is 0 Å². The van der Waals surface area contributed by atoms with E-state index >= 15 is 0 Å². The van der Waals surface area contributed by atoms with E-state index in [2.05, 4.69) is 41.4 Å². The molecule has 0 radical (unpaired) electrons. The van der Waals surface area contributed by atoms with E-state index in [4.69, 9.17) is 0 Å². The molecular formula is C21H26N4O3. The van der Waals surface area contributed by atoms with Crippen LogP contribution in [0.2, 0.25) is 0 Å². The molecular weight excluding hydrogens is 356 g/mol. The summed E-state index contributed by atoms with van der Waals surface area (Å²) in [7, 11) is 1.63. The smallest absolute Gasteiger partial charge is 0.293 e. The van der Waals surface area contributed by atoms with Gasteiger partial charge in [-0.3, -0.25) is 19.8 Å². The van der Waals surface area contributed by atoms with Crippen LogP contribution in [0.4, 0.5) is 11.4 Å².